The number of aryl methyl sites for hydroxylation is 1. The Kier molecular flexibility index (Phi) is 6.63. The van der Waals surface area contributed by atoms with Gasteiger partial charge in [0.2, 0.25) is 0 Å². The van der Waals surface area contributed by atoms with Crippen LogP contribution in [0.2, 0.25) is 5.02 Å². The molecule has 1 aliphatic heterocycles. The molecule has 1 saturated heterocycles. The van der Waals surface area contributed by atoms with Crippen LogP contribution in [0.5, 0.6) is 0 Å². The third-order valence-corrected chi connectivity index (χ3v) is 5.02. The van der Waals surface area contributed by atoms with E-state index in [-0.39, 0.29) is 5.91 Å². The molecule has 1 aromatic heterocycles. The van der Waals surface area contributed by atoms with Crippen LogP contribution in [0.1, 0.15) is 28.8 Å². The summed E-state index contributed by atoms with van der Waals surface area (Å²) in [6, 6.07) is 9.47. The fourth-order valence-corrected chi connectivity index (χ4v) is 3.44. The van der Waals surface area contributed by atoms with E-state index in [4.69, 9.17) is 11.6 Å². The predicted octanol–water partition coefficient (Wildman–Crippen LogP) is 2.55. The first-order valence-electron chi connectivity index (χ1n) is 9.41. The number of carbonyl (C=O) groups is 1. The molecule has 144 valence electrons. The van der Waals surface area contributed by atoms with Crippen LogP contribution in [0.3, 0.4) is 0 Å². The molecule has 1 fully saturated rings. The number of hydrogen-bond donors (Lipinski definition) is 1. The number of hydrogen-bond acceptors (Lipinski definition) is 5. The Balaban J connectivity index is 1.60. The van der Waals surface area contributed by atoms with Gasteiger partial charge in [-0.1, -0.05) is 30.7 Å². The first-order valence-corrected chi connectivity index (χ1v) is 9.78. The number of nitrogens with zero attached hydrogens (tertiary/aromatic N) is 4. The van der Waals surface area contributed by atoms with E-state index in [1.54, 1.807) is 6.07 Å². The van der Waals surface area contributed by atoms with Gasteiger partial charge in [-0.05, 0) is 37.6 Å². The van der Waals surface area contributed by atoms with Gasteiger partial charge in [0, 0.05) is 43.8 Å². The minimum Gasteiger partial charge on any atom is -0.354 e. The zero-order valence-electron chi connectivity index (χ0n) is 15.9. The van der Waals surface area contributed by atoms with E-state index in [1.165, 1.54) is 0 Å². The van der Waals surface area contributed by atoms with Crippen LogP contribution >= 0.6 is 11.6 Å². The molecule has 1 aromatic carbocycles. The summed E-state index contributed by atoms with van der Waals surface area (Å²) in [5, 5.41) is 3.65. The smallest absolute Gasteiger partial charge is 0.270 e. The minimum atomic E-state index is -0.170. The van der Waals surface area contributed by atoms with E-state index >= 15 is 0 Å². The molecule has 0 spiro atoms. The largest absolute Gasteiger partial charge is 0.354 e. The summed E-state index contributed by atoms with van der Waals surface area (Å²) in [5.74, 6) is 1.28. The third-order valence-electron chi connectivity index (χ3n) is 4.79. The summed E-state index contributed by atoms with van der Waals surface area (Å²) in [7, 11) is 0. The molecule has 0 aliphatic carbocycles. The number of nitrogens with one attached hydrogen (secondary N) is 1. The molecular formula is C20H26ClN5O. The zero-order valence-corrected chi connectivity index (χ0v) is 16.7. The van der Waals surface area contributed by atoms with E-state index in [0.29, 0.717) is 23.1 Å². The number of piperazine rings is 1. The van der Waals surface area contributed by atoms with E-state index in [1.807, 2.05) is 31.2 Å². The van der Waals surface area contributed by atoms with Crippen LogP contribution in [0.25, 0.3) is 0 Å². The van der Waals surface area contributed by atoms with Gasteiger partial charge in [-0.2, -0.15) is 0 Å². The lowest BCUT2D eigenvalue weighted by Crippen LogP contribution is -2.46. The maximum atomic E-state index is 12.5. The molecule has 6 nitrogen and oxygen atoms in total. The Morgan fingerprint density at radius 1 is 1.19 bits per heavy atom. The Hall–Kier alpha value is -2.18. The Labute approximate surface area is 165 Å². The third kappa shape index (κ3) is 5.40. The van der Waals surface area contributed by atoms with Gasteiger partial charge in [-0.25, -0.2) is 9.97 Å². The number of amides is 1. The van der Waals surface area contributed by atoms with Crippen molar-refractivity contribution in [3.63, 3.8) is 0 Å². The topological polar surface area (TPSA) is 61.4 Å². The summed E-state index contributed by atoms with van der Waals surface area (Å²) in [5.41, 5.74) is 1.51. The van der Waals surface area contributed by atoms with Gasteiger partial charge in [0.1, 0.15) is 17.3 Å². The van der Waals surface area contributed by atoms with Crippen LogP contribution < -0.4 is 10.2 Å². The lowest BCUT2D eigenvalue weighted by molar-refractivity contribution is 0.0948. The second-order valence-electron chi connectivity index (χ2n) is 6.72. The number of anilines is 1. The second-order valence-corrected chi connectivity index (χ2v) is 7.15. The minimum absolute atomic E-state index is 0.170. The SMILES string of the molecule is CCN1CCN(c2cc(C(=O)NCCc3cccc(Cl)c3)nc(C)n2)CC1. The molecule has 2 aromatic rings. The maximum Gasteiger partial charge on any atom is 0.270 e. The molecule has 0 radical (unpaired) electrons. The normalized spacial score (nSPS) is 15.0. The van der Waals surface area contributed by atoms with Crippen LogP contribution in [0.15, 0.2) is 30.3 Å². The molecule has 0 bridgehead atoms. The van der Waals surface area contributed by atoms with Crippen molar-refractivity contribution in [1.82, 2.24) is 20.2 Å². The van der Waals surface area contributed by atoms with Crippen LogP contribution in [-0.2, 0) is 6.42 Å². The summed E-state index contributed by atoms with van der Waals surface area (Å²) < 4.78 is 0. The van der Waals surface area contributed by atoms with Gasteiger partial charge in [0.25, 0.3) is 5.91 Å². The maximum absolute atomic E-state index is 12.5. The molecule has 0 saturated carbocycles. The van der Waals surface area contributed by atoms with Gasteiger partial charge in [-0.15, -0.1) is 0 Å². The molecule has 1 aliphatic rings. The molecule has 0 atom stereocenters. The molecule has 1 N–H and O–H groups in total. The first kappa shape index (κ1) is 19.6. The molecule has 1 amide bonds. The number of benzene rings is 1. The number of carbonyl (C=O) groups excluding carboxylic acids is 1. The van der Waals surface area contributed by atoms with E-state index < -0.39 is 0 Å². The monoisotopic (exact) mass is 387 g/mol. The van der Waals surface area contributed by atoms with Gasteiger partial charge in [0.15, 0.2) is 0 Å². The van der Waals surface area contributed by atoms with Gasteiger partial charge in [0.05, 0.1) is 0 Å². The van der Waals surface area contributed by atoms with Crippen molar-refractivity contribution >= 4 is 23.3 Å². The van der Waals surface area contributed by atoms with E-state index in [9.17, 15) is 4.79 Å². The fourth-order valence-electron chi connectivity index (χ4n) is 3.23. The Morgan fingerprint density at radius 2 is 1.96 bits per heavy atom. The quantitative estimate of drug-likeness (QED) is 0.825. The van der Waals surface area contributed by atoms with Gasteiger partial charge >= 0.3 is 0 Å². The van der Waals surface area contributed by atoms with Crippen molar-refractivity contribution in [3.05, 3.63) is 52.4 Å². The second kappa shape index (κ2) is 9.15. The molecule has 3 rings (SSSR count). The Morgan fingerprint density at radius 3 is 2.67 bits per heavy atom. The highest BCUT2D eigenvalue weighted by Gasteiger charge is 2.19. The van der Waals surface area contributed by atoms with E-state index in [0.717, 1.165) is 50.5 Å². The average molecular weight is 388 g/mol. The molecule has 2 heterocycles. The van der Waals surface area contributed by atoms with Gasteiger partial charge < -0.3 is 15.1 Å². The van der Waals surface area contributed by atoms with Crippen molar-refractivity contribution in [2.24, 2.45) is 0 Å². The number of likely N-dealkylation sites (N-methyl/N-ethyl adjacent to an activating group) is 1. The zero-order chi connectivity index (χ0) is 19.2. The highest BCUT2D eigenvalue weighted by molar-refractivity contribution is 6.30. The molecular weight excluding hydrogens is 362 g/mol. The van der Waals surface area contributed by atoms with Crippen LogP contribution in [0, 0.1) is 6.92 Å². The van der Waals surface area contributed by atoms with Crippen molar-refractivity contribution in [2.45, 2.75) is 20.3 Å². The fraction of sp³-hybridized carbons (Fsp3) is 0.450. The predicted molar refractivity (Wildman–Crippen MR) is 109 cm³/mol. The highest BCUT2D eigenvalue weighted by atomic mass is 35.5. The number of rotatable bonds is 6. The highest BCUT2D eigenvalue weighted by Crippen LogP contribution is 2.15. The molecule has 7 heteroatoms. The molecule has 27 heavy (non-hydrogen) atoms. The van der Waals surface area contributed by atoms with Crippen molar-refractivity contribution in [1.29, 1.82) is 0 Å². The van der Waals surface area contributed by atoms with Crippen LogP contribution in [-0.4, -0.2) is 60.0 Å². The summed E-state index contributed by atoms with van der Waals surface area (Å²) >= 11 is 6.00. The lowest BCUT2D eigenvalue weighted by atomic mass is 10.1. The van der Waals surface area contributed by atoms with E-state index in [2.05, 4.69) is 32.0 Å². The number of halogens is 1. The summed E-state index contributed by atoms with van der Waals surface area (Å²) in [4.78, 5) is 26.0. The first-order chi connectivity index (χ1) is 13.0. The Bertz CT molecular complexity index is 790. The summed E-state index contributed by atoms with van der Waals surface area (Å²) in [6.07, 6.45) is 0.724. The summed E-state index contributed by atoms with van der Waals surface area (Å²) in [6.45, 7) is 9.47. The average Bonchev–Trinajstić information content (AvgIpc) is 2.67. The van der Waals surface area contributed by atoms with Crippen LogP contribution in [0.4, 0.5) is 5.82 Å². The lowest BCUT2D eigenvalue weighted by Gasteiger charge is -2.34. The van der Waals surface area contributed by atoms with Crippen molar-refractivity contribution in [3.8, 4) is 0 Å². The van der Waals surface area contributed by atoms with Crippen molar-refractivity contribution < 1.29 is 4.79 Å². The number of aromatic nitrogens is 2. The van der Waals surface area contributed by atoms with Gasteiger partial charge in [-0.3, -0.25) is 4.79 Å². The van der Waals surface area contributed by atoms with Crippen molar-refractivity contribution in [2.75, 3.05) is 44.2 Å². The molecule has 0 unspecified atom stereocenters. The standard InChI is InChI=1S/C20H26ClN5O/c1-3-25-9-11-26(12-10-25)19-14-18(23-15(2)24-19)20(27)22-8-7-16-5-4-6-17(21)13-16/h4-6,13-14H,3,7-12H2,1-2H3,(H,22,27).